The molecular formula is C11H19O. The molecule has 12 heavy (non-hydrogen) atoms. The molecule has 0 aromatic carbocycles. The van der Waals surface area contributed by atoms with Crippen LogP contribution >= 0.6 is 0 Å². The minimum absolute atomic E-state index is 1.03. The van der Waals surface area contributed by atoms with Gasteiger partial charge in [0, 0.05) is 0 Å². The fraction of sp³-hybridized carbons (Fsp3) is 0.727. The Kier molecular flexibility index (Phi) is 9.90. The highest BCUT2D eigenvalue weighted by Crippen LogP contribution is 2.06. The molecule has 0 aliphatic rings. The quantitative estimate of drug-likeness (QED) is 0.400. The number of rotatable bonds is 8. The van der Waals surface area contributed by atoms with E-state index in [1.54, 1.807) is 6.29 Å². The van der Waals surface area contributed by atoms with Gasteiger partial charge in [0.2, 0.25) is 6.29 Å². The third kappa shape index (κ3) is 9.41. The van der Waals surface area contributed by atoms with Gasteiger partial charge in [-0.25, -0.2) is 0 Å². The first-order valence-electron chi connectivity index (χ1n) is 4.94. The number of unbranched alkanes of at least 4 members (excludes halogenated alkanes) is 6. The average molecular weight is 167 g/mol. The highest BCUT2D eigenvalue weighted by atomic mass is 16.1. The van der Waals surface area contributed by atoms with Crippen molar-refractivity contribution in [1.29, 1.82) is 0 Å². The van der Waals surface area contributed by atoms with Crippen molar-refractivity contribution in [2.75, 3.05) is 0 Å². The molecule has 69 valence electrons. The van der Waals surface area contributed by atoms with Crippen molar-refractivity contribution in [3.8, 4) is 0 Å². The normalized spacial score (nSPS) is 10.8. The van der Waals surface area contributed by atoms with Crippen LogP contribution in [0.2, 0.25) is 0 Å². The van der Waals surface area contributed by atoms with Crippen LogP contribution in [0.5, 0.6) is 0 Å². The van der Waals surface area contributed by atoms with Crippen LogP contribution in [0.15, 0.2) is 12.2 Å². The number of hydrogen-bond donors (Lipinski definition) is 0. The molecular weight excluding hydrogens is 148 g/mol. The molecule has 0 atom stereocenters. The summed E-state index contributed by atoms with van der Waals surface area (Å²) in [6.45, 7) is 2.22. The van der Waals surface area contributed by atoms with E-state index in [0.717, 1.165) is 6.42 Å². The third-order valence-electron chi connectivity index (χ3n) is 1.91. The van der Waals surface area contributed by atoms with E-state index in [0.29, 0.717) is 0 Å². The fourth-order valence-electron chi connectivity index (χ4n) is 1.17. The predicted molar refractivity (Wildman–Crippen MR) is 52.8 cm³/mol. The summed E-state index contributed by atoms with van der Waals surface area (Å²) in [5, 5.41) is 0. The van der Waals surface area contributed by atoms with Crippen molar-refractivity contribution in [2.24, 2.45) is 0 Å². The average Bonchev–Trinajstić information content (AvgIpc) is 2.10. The van der Waals surface area contributed by atoms with E-state index in [1.807, 2.05) is 6.08 Å². The number of carbonyl (C=O) groups excluding carboxylic acids is 1. The van der Waals surface area contributed by atoms with Crippen molar-refractivity contribution in [2.45, 2.75) is 51.9 Å². The van der Waals surface area contributed by atoms with Crippen molar-refractivity contribution < 1.29 is 4.79 Å². The molecule has 0 fully saturated rings. The summed E-state index contributed by atoms with van der Waals surface area (Å²) in [4.78, 5) is 9.77. The molecule has 0 rings (SSSR count). The zero-order valence-corrected chi connectivity index (χ0v) is 8.01. The van der Waals surface area contributed by atoms with Crippen LogP contribution in [0, 0.1) is 0 Å². The Morgan fingerprint density at radius 2 is 1.75 bits per heavy atom. The van der Waals surface area contributed by atoms with Gasteiger partial charge in [-0.3, -0.25) is 4.79 Å². The SMILES string of the molecule is CCCCCCCC/C=C/[C]=O. The lowest BCUT2D eigenvalue weighted by Crippen LogP contribution is -1.77. The maximum absolute atomic E-state index is 9.77. The van der Waals surface area contributed by atoms with Gasteiger partial charge in [0.05, 0.1) is 0 Å². The summed E-state index contributed by atoms with van der Waals surface area (Å²) in [5.74, 6) is 0. The smallest absolute Gasteiger partial charge is 0.225 e. The minimum atomic E-state index is 1.03. The Morgan fingerprint density at radius 3 is 2.42 bits per heavy atom. The van der Waals surface area contributed by atoms with E-state index in [1.165, 1.54) is 44.6 Å². The van der Waals surface area contributed by atoms with Crippen molar-refractivity contribution in [3.63, 3.8) is 0 Å². The summed E-state index contributed by atoms with van der Waals surface area (Å²) in [6, 6.07) is 0. The molecule has 0 unspecified atom stereocenters. The van der Waals surface area contributed by atoms with E-state index < -0.39 is 0 Å². The molecule has 0 bridgehead atoms. The third-order valence-corrected chi connectivity index (χ3v) is 1.91. The predicted octanol–water partition coefficient (Wildman–Crippen LogP) is 3.40. The molecule has 0 amide bonds. The Bertz CT molecular complexity index is 116. The Hall–Kier alpha value is -0.590. The van der Waals surface area contributed by atoms with Crippen LogP contribution in [0.25, 0.3) is 0 Å². The first-order valence-corrected chi connectivity index (χ1v) is 4.94. The molecule has 0 aliphatic heterocycles. The summed E-state index contributed by atoms with van der Waals surface area (Å²) < 4.78 is 0. The van der Waals surface area contributed by atoms with Gasteiger partial charge in [0.25, 0.3) is 0 Å². The lowest BCUT2D eigenvalue weighted by molar-refractivity contribution is 0.564. The van der Waals surface area contributed by atoms with Gasteiger partial charge < -0.3 is 0 Å². The van der Waals surface area contributed by atoms with Gasteiger partial charge in [0.15, 0.2) is 0 Å². The number of allylic oxidation sites excluding steroid dienone is 2. The molecule has 0 heterocycles. The Balaban J connectivity index is 2.90. The van der Waals surface area contributed by atoms with Crippen molar-refractivity contribution in [3.05, 3.63) is 12.2 Å². The molecule has 1 nitrogen and oxygen atoms in total. The molecule has 0 aromatic rings. The zero-order chi connectivity index (χ0) is 9.07. The fourth-order valence-corrected chi connectivity index (χ4v) is 1.17. The largest absolute Gasteiger partial charge is 0.286 e. The van der Waals surface area contributed by atoms with Crippen molar-refractivity contribution >= 4 is 6.29 Å². The topological polar surface area (TPSA) is 17.1 Å². The first kappa shape index (κ1) is 11.4. The van der Waals surface area contributed by atoms with Crippen LogP contribution in [0.3, 0.4) is 0 Å². The van der Waals surface area contributed by atoms with Gasteiger partial charge in [-0.2, -0.15) is 0 Å². The molecule has 1 radical (unpaired) electrons. The first-order chi connectivity index (χ1) is 5.91. The second-order valence-corrected chi connectivity index (χ2v) is 3.08. The molecule has 0 saturated heterocycles. The molecule has 0 aliphatic carbocycles. The minimum Gasteiger partial charge on any atom is -0.286 e. The Labute approximate surface area is 75.9 Å². The lowest BCUT2D eigenvalue weighted by atomic mass is 10.1. The second kappa shape index (κ2) is 10.4. The van der Waals surface area contributed by atoms with Gasteiger partial charge >= 0.3 is 0 Å². The van der Waals surface area contributed by atoms with Crippen LogP contribution in [0.4, 0.5) is 0 Å². The summed E-state index contributed by atoms with van der Waals surface area (Å²) in [5.41, 5.74) is 0. The standard InChI is InChI=1S/C11H19O/c1-2-3-4-5-6-7-8-9-10-11-12/h9-10H,2-8H2,1H3/b10-9+. The monoisotopic (exact) mass is 167 g/mol. The molecule has 1 heteroatoms. The zero-order valence-electron chi connectivity index (χ0n) is 8.01. The summed E-state index contributed by atoms with van der Waals surface area (Å²) in [6.07, 6.45) is 14.0. The van der Waals surface area contributed by atoms with Crippen LogP contribution in [-0.4, -0.2) is 6.29 Å². The van der Waals surface area contributed by atoms with Gasteiger partial charge in [-0.1, -0.05) is 45.1 Å². The van der Waals surface area contributed by atoms with Gasteiger partial charge in [0.1, 0.15) is 0 Å². The van der Waals surface area contributed by atoms with E-state index in [2.05, 4.69) is 6.92 Å². The van der Waals surface area contributed by atoms with E-state index in [4.69, 9.17) is 0 Å². The summed E-state index contributed by atoms with van der Waals surface area (Å²) >= 11 is 0. The molecule has 0 saturated carbocycles. The van der Waals surface area contributed by atoms with Crippen LogP contribution in [-0.2, 0) is 4.79 Å². The van der Waals surface area contributed by atoms with Crippen LogP contribution < -0.4 is 0 Å². The summed E-state index contributed by atoms with van der Waals surface area (Å²) in [7, 11) is 0. The highest BCUT2D eigenvalue weighted by Gasteiger charge is 1.87. The maximum Gasteiger partial charge on any atom is 0.225 e. The van der Waals surface area contributed by atoms with Gasteiger partial charge in [-0.05, 0) is 18.9 Å². The van der Waals surface area contributed by atoms with E-state index in [9.17, 15) is 4.79 Å². The van der Waals surface area contributed by atoms with Gasteiger partial charge in [-0.15, -0.1) is 0 Å². The Morgan fingerprint density at radius 1 is 1.08 bits per heavy atom. The van der Waals surface area contributed by atoms with Crippen molar-refractivity contribution in [1.82, 2.24) is 0 Å². The number of hydrogen-bond acceptors (Lipinski definition) is 1. The molecule has 0 spiro atoms. The van der Waals surface area contributed by atoms with E-state index >= 15 is 0 Å². The second-order valence-electron chi connectivity index (χ2n) is 3.08. The maximum atomic E-state index is 9.77. The molecule has 0 aromatic heterocycles. The lowest BCUT2D eigenvalue weighted by Gasteiger charge is -1.96. The van der Waals surface area contributed by atoms with E-state index in [-0.39, 0.29) is 0 Å². The highest BCUT2D eigenvalue weighted by molar-refractivity contribution is 5.65. The van der Waals surface area contributed by atoms with Crippen LogP contribution in [0.1, 0.15) is 51.9 Å². The molecule has 0 N–H and O–H groups in total.